The molecule has 0 atom stereocenters. The molecule has 9 aromatic carbocycles. The second kappa shape index (κ2) is 15.2. The smallest absolute Gasteiger partial charge is 0.0540 e. The van der Waals surface area contributed by atoms with E-state index in [4.69, 9.17) is 0 Å². The normalized spacial score (nSPS) is 12.3. The molecule has 61 heavy (non-hydrogen) atoms. The lowest BCUT2D eigenvalue weighted by Gasteiger charge is -2.29. The van der Waals surface area contributed by atoms with Gasteiger partial charge in [0.1, 0.15) is 0 Å². The summed E-state index contributed by atoms with van der Waals surface area (Å²) in [6.07, 6.45) is 0. The lowest BCUT2D eigenvalue weighted by Crippen LogP contribution is -2.16. The highest BCUT2D eigenvalue weighted by molar-refractivity contribution is 6.12. The third kappa shape index (κ3) is 7.64. The minimum Gasteiger partial charge on any atom is -0.310 e. The van der Waals surface area contributed by atoms with Gasteiger partial charge in [-0.3, -0.25) is 0 Å². The molecular weight excluding hydrogens is 735 g/mol. The summed E-state index contributed by atoms with van der Waals surface area (Å²) in [5.41, 5.74) is 14.8. The second-order valence-electron chi connectivity index (χ2n) is 19.9. The predicted octanol–water partition coefficient (Wildman–Crippen LogP) is 17.5. The van der Waals surface area contributed by atoms with Crippen LogP contribution in [0.1, 0.15) is 79.0 Å². The summed E-state index contributed by atoms with van der Waals surface area (Å²) in [6, 6.07) is 68.1. The zero-order valence-electron chi connectivity index (χ0n) is 37.3. The summed E-state index contributed by atoms with van der Waals surface area (Å²) in [5, 5.41) is 7.60. The summed E-state index contributed by atoms with van der Waals surface area (Å²) < 4.78 is 0. The van der Waals surface area contributed by atoms with Crippen LogP contribution in [0.3, 0.4) is 0 Å². The number of hydrogen-bond acceptors (Lipinski definition) is 1. The summed E-state index contributed by atoms with van der Waals surface area (Å²) in [7, 11) is 0. The van der Waals surface area contributed by atoms with E-state index >= 15 is 0 Å². The monoisotopic (exact) mass is 791 g/mol. The predicted molar refractivity (Wildman–Crippen MR) is 266 cm³/mol. The molecule has 0 unspecified atom stereocenters. The molecule has 0 spiro atoms. The lowest BCUT2D eigenvalue weighted by atomic mass is 9.78. The number of rotatable bonds is 6. The average molecular weight is 792 g/mol. The van der Waals surface area contributed by atoms with Gasteiger partial charge >= 0.3 is 0 Å². The number of fused-ring (bicyclic) bond motifs is 4. The molecular formula is C60H57N. The van der Waals surface area contributed by atoms with Gasteiger partial charge in [-0.2, -0.15) is 0 Å². The van der Waals surface area contributed by atoms with Crippen molar-refractivity contribution in [3.8, 4) is 33.4 Å². The molecule has 0 aliphatic carbocycles. The van der Waals surface area contributed by atoms with Gasteiger partial charge in [0, 0.05) is 16.9 Å². The first-order valence-corrected chi connectivity index (χ1v) is 21.8. The van der Waals surface area contributed by atoms with E-state index in [1.807, 2.05) is 0 Å². The SMILES string of the molecule is CC(C)(C)c1ccc(N(c2ccc(-c3cccc4c3ccc3ccccc34)cc2)c2ccccc2-c2cccc3cccc(-c4cc(C(C)(C)C)cc(C(C)(C)C)c4)c23)cc1. The Labute approximate surface area is 363 Å². The van der Waals surface area contributed by atoms with Crippen molar-refractivity contribution in [3.63, 3.8) is 0 Å². The van der Waals surface area contributed by atoms with Crippen LogP contribution < -0.4 is 4.90 Å². The van der Waals surface area contributed by atoms with Gasteiger partial charge in [-0.1, -0.05) is 214 Å². The minimum atomic E-state index is 0.0105. The maximum atomic E-state index is 2.45. The van der Waals surface area contributed by atoms with Gasteiger partial charge in [0.25, 0.3) is 0 Å². The van der Waals surface area contributed by atoms with Crippen LogP contribution in [0, 0.1) is 0 Å². The Kier molecular flexibility index (Phi) is 9.99. The molecule has 1 heteroatoms. The largest absolute Gasteiger partial charge is 0.310 e. The maximum Gasteiger partial charge on any atom is 0.0540 e. The lowest BCUT2D eigenvalue weighted by molar-refractivity contribution is 0.569. The number of anilines is 3. The maximum absolute atomic E-state index is 2.45. The molecule has 0 heterocycles. The molecule has 0 aliphatic rings. The molecule has 0 fully saturated rings. The first kappa shape index (κ1) is 40.0. The molecule has 0 aliphatic heterocycles. The molecule has 9 aromatic rings. The molecule has 1 nitrogen and oxygen atoms in total. The van der Waals surface area contributed by atoms with Crippen LogP contribution in [0.25, 0.3) is 65.7 Å². The highest BCUT2D eigenvalue weighted by Crippen LogP contribution is 2.46. The van der Waals surface area contributed by atoms with Gasteiger partial charge in [0.2, 0.25) is 0 Å². The van der Waals surface area contributed by atoms with E-state index in [9.17, 15) is 0 Å². The second-order valence-corrected chi connectivity index (χ2v) is 19.9. The summed E-state index contributed by atoms with van der Waals surface area (Å²) in [5.74, 6) is 0. The van der Waals surface area contributed by atoms with Crippen molar-refractivity contribution >= 4 is 49.4 Å². The first-order chi connectivity index (χ1) is 29.1. The van der Waals surface area contributed by atoms with Crippen molar-refractivity contribution in [2.45, 2.75) is 78.6 Å². The van der Waals surface area contributed by atoms with Gasteiger partial charge in [0.15, 0.2) is 0 Å². The highest BCUT2D eigenvalue weighted by Gasteiger charge is 2.24. The Morgan fingerprint density at radius 3 is 1.48 bits per heavy atom. The number of para-hydroxylation sites is 1. The first-order valence-electron chi connectivity index (χ1n) is 21.8. The third-order valence-corrected chi connectivity index (χ3v) is 12.5. The van der Waals surface area contributed by atoms with E-state index in [-0.39, 0.29) is 16.2 Å². The van der Waals surface area contributed by atoms with E-state index in [1.54, 1.807) is 0 Å². The average Bonchev–Trinajstić information content (AvgIpc) is 3.25. The van der Waals surface area contributed by atoms with E-state index in [0.29, 0.717) is 0 Å². The topological polar surface area (TPSA) is 3.24 Å². The van der Waals surface area contributed by atoms with Gasteiger partial charge in [-0.05, 0) is 123 Å². The van der Waals surface area contributed by atoms with Crippen molar-refractivity contribution in [1.82, 2.24) is 0 Å². The number of hydrogen-bond donors (Lipinski definition) is 0. The molecule has 302 valence electrons. The van der Waals surface area contributed by atoms with Crippen molar-refractivity contribution in [2.75, 3.05) is 4.90 Å². The zero-order chi connectivity index (χ0) is 42.7. The molecule has 0 saturated heterocycles. The van der Waals surface area contributed by atoms with Crippen LogP contribution in [-0.2, 0) is 16.2 Å². The third-order valence-electron chi connectivity index (χ3n) is 12.5. The van der Waals surface area contributed by atoms with Crippen molar-refractivity contribution in [3.05, 3.63) is 199 Å². The molecule has 0 bridgehead atoms. The Morgan fingerprint density at radius 1 is 0.311 bits per heavy atom. The molecule has 0 radical (unpaired) electrons. The quantitative estimate of drug-likeness (QED) is 0.152. The van der Waals surface area contributed by atoms with Gasteiger partial charge in [0.05, 0.1) is 5.69 Å². The number of benzene rings is 9. The van der Waals surface area contributed by atoms with Crippen LogP contribution in [0.15, 0.2) is 182 Å². The highest BCUT2D eigenvalue weighted by atomic mass is 15.1. The van der Waals surface area contributed by atoms with Crippen LogP contribution in [0.4, 0.5) is 17.1 Å². The Balaban J connectivity index is 1.23. The van der Waals surface area contributed by atoms with Crippen molar-refractivity contribution in [2.24, 2.45) is 0 Å². The van der Waals surface area contributed by atoms with Crippen molar-refractivity contribution < 1.29 is 0 Å². The molecule has 9 rings (SSSR count). The van der Waals surface area contributed by atoms with Crippen LogP contribution in [-0.4, -0.2) is 0 Å². The van der Waals surface area contributed by atoms with E-state index < -0.39 is 0 Å². The van der Waals surface area contributed by atoms with Crippen LogP contribution >= 0.6 is 0 Å². The standard InChI is InChI=1S/C60H57N/c1-58(2,3)44-30-34-48(35-31-44)61(47-32-27-41(28-33-47)50-22-16-24-52-49-20-11-10-17-40(49)29-36-53(50)52)56-26-13-12-21-54(56)55-25-15-19-42-18-14-23-51(57(42)55)43-37-45(59(4,5)6)39-46(38-43)60(7,8)9/h10-39H,1-9H3. The fourth-order valence-corrected chi connectivity index (χ4v) is 8.97. The molecule has 0 saturated carbocycles. The zero-order valence-corrected chi connectivity index (χ0v) is 37.3. The van der Waals surface area contributed by atoms with E-state index in [1.165, 1.54) is 82.4 Å². The summed E-state index contributed by atoms with van der Waals surface area (Å²) in [6.45, 7) is 20.8. The Bertz CT molecular complexity index is 3020. The number of nitrogens with zero attached hydrogens (tertiary/aromatic N) is 1. The molecule has 0 N–H and O–H groups in total. The Hall–Kier alpha value is -6.44. The summed E-state index contributed by atoms with van der Waals surface area (Å²) in [4.78, 5) is 2.45. The minimum absolute atomic E-state index is 0.0105. The van der Waals surface area contributed by atoms with Gasteiger partial charge in [-0.15, -0.1) is 0 Å². The van der Waals surface area contributed by atoms with E-state index in [2.05, 4.69) is 249 Å². The van der Waals surface area contributed by atoms with Crippen LogP contribution in [0.5, 0.6) is 0 Å². The van der Waals surface area contributed by atoms with Crippen molar-refractivity contribution in [1.29, 1.82) is 0 Å². The van der Waals surface area contributed by atoms with Crippen LogP contribution in [0.2, 0.25) is 0 Å². The fourth-order valence-electron chi connectivity index (χ4n) is 8.97. The fraction of sp³-hybridized carbons (Fsp3) is 0.200. The Morgan fingerprint density at radius 2 is 0.820 bits per heavy atom. The van der Waals surface area contributed by atoms with Gasteiger partial charge in [-0.25, -0.2) is 0 Å². The van der Waals surface area contributed by atoms with Gasteiger partial charge < -0.3 is 4.90 Å². The molecule has 0 amide bonds. The molecule has 0 aromatic heterocycles. The summed E-state index contributed by atoms with van der Waals surface area (Å²) >= 11 is 0. The van der Waals surface area contributed by atoms with E-state index in [0.717, 1.165) is 17.1 Å².